The monoisotopic (exact) mass is 476 g/mol. The zero-order valence-corrected chi connectivity index (χ0v) is 19.1. The fourth-order valence-electron chi connectivity index (χ4n) is 3.64. The van der Waals surface area contributed by atoms with Gasteiger partial charge in [0.25, 0.3) is 5.91 Å². The van der Waals surface area contributed by atoms with Gasteiger partial charge >= 0.3 is 0 Å². The molecule has 32 heavy (non-hydrogen) atoms. The molecule has 0 bridgehead atoms. The minimum atomic E-state index is -0.308. The van der Waals surface area contributed by atoms with Crippen LogP contribution in [0.1, 0.15) is 21.6 Å². The molecule has 0 aliphatic carbocycles. The molecule has 3 aromatic rings. The number of carbonyl (C=O) groups excluding carboxylic acids is 1. The van der Waals surface area contributed by atoms with E-state index in [9.17, 15) is 9.18 Å². The highest BCUT2D eigenvalue weighted by Gasteiger charge is 2.24. The van der Waals surface area contributed by atoms with Gasteiger partial charge in [0.2, 0.25) is 0 Å². The number of nitrogens with zero attached hydrogens (tertiary/aromatic N) is 4. The van der Waals surface area contributed by atoms with Crippen LogP contribution in [-0.2, 0) is 13.3 Å². The quantitative estimate of drug-likeness (QED) is 0.520. The van der Waals surface area contributed by atoms with Crippen LogP contribution in [0, 0.1) is 12.7 Å². The molecule has 0 radical (unpaired) electrons. The van der Waals surface area contributed by atoms with Gasteiger partial charge < -0.3 is 9.64 Å². The molecule has 4 rings (SSSR count). The second kappa shape index (κ2) is 9.90. The molecule has 9 heteroatoms. The van der Waals surface area contributed by atoms with Crippen molar-refractivity contribution < 1.29 is 13.9 Å². The van der Waals surface area contributed by atoms with Gasteiger partial charge in [0.05, 0.1) is 0 Å². The van der Waals surface area contributed by atoms with E-state index >= 15 is 0 Å². The number of aromatic nitrogens is 2. The topological polar surface area (TPSA) is 50.6 Å². The third-order valence-electron chi connectivity index (χ3n) is 5.45. The standard InChI is InChI=1S/C23H23Cl2FN4O2/c1-16-13-17(24)5-6-22(16)32-15-30-8-7-21(27-30)23(31)29-11-9-28(10-12-29)14-18-19(25)3-2-4-20(18)26/h2-8,13H,9-12,14-15H2,1H3. The van der Waals surface area contributed by atoms with E-state index in [1.54, 1.807) is 46.1 Å². The summed E-state index contributed by atoms with van der Waals surface area (Å²) in [6, 6.07) is 11.8. The third-order valence-corrected chi connectivity index (χ3v) is 6.04. The first-order valence-electron chi connectivity index (χ1n) is 10.3. The summed E-state index contributed by atoms with van der Waals surface area (Å²) < 4.78 is 21.4. The summed E-state index contributed by atoms with van der Waals surface area (Å²) >= 11 is 12.1. The molecule has 0 atom stereocenters. The Morgan fingerprint density at radius 1 is 1.12 bits per heavy atom. The Hall–Kier alpha value is -2.61. The SMILES string of the molecule is Cc1cc(Cl)ccc1OCn1ccc(C(=O)N2CCN(Cc3c(F)cccc3Cl)CC2)n1. The Kier molecular flexibility index (Phi) is 6.98. The van der Waals surface area contributed by atoms with Gasteiger partial charge in [-0.2, -0.15) is 5.10 Å². The molecule has 0 spiro atoms. The summed E-state index contributed by atoms with van der Waals surface area (Å²) in [4.78, 5) is 16.7. The van der Waals surface area contributed by atoms with E-state index in [4.69, 9.17) is 27.9 Å². The van der Waals surface area contributed by atoms with Gasteiger partial charge in [0.15, 0.2) is 12.4 Å². The lowest BCUT2D eigenvalue weighted by molar-refractivity contribution is 0.0619. The van der Waals surface area contributed by atoms with Crippen molar-refractivity contribution in [2.75, 3.05) is 26.2 Å². The molecule has 0 N–H and O–H groups in total. The Bertz CT molecular complexity index is 1090. The fraction of sp³-hybridized carbons (Fsp3) is 0.304. The summed E-state index contributed by atoms with van der Waals surface area (Å²) in [6.45, 7) is 4.87. The largest absolute Gasteiger partial charge is 0.471 e. The van der Waals surface area contributed by atoms with E-state index in [-0.39, 0.29) is 18.5 Å². The van der Waals surface area contributed by atoms with Gasteiger partial charge in [-0.15, -0.1) is 0 Å². The molecule has 1 saturated heterocycles. The van der Waals surface area contributed by atoms with Crippen molar-refractivity contribution in [2.45, 2.75) is 20.2 Å². The molecule has 0 saturated carbocycles. The molecule has 1 aromatic heterocycles. The van der Waals surface area contributed by atoms with Gasteiger partial charge in [-0.1, -0.05) is 29.3 Å². The number of rotatable bonds is 6. The zero-order chi connectivity index (χ0) is 22.7. The van der Waals surface area contributed by atoms with Crippen LogP contribution < -0.4 is 4.74 Å². The van der Waals surface area contributed by atoms with Crippen molar-refractivity contribution in [3.8, 4) is 5.75 Å². The van der Waals surface area contributed by atoms with E-state index in [2.05, 4.69) is 10.00 Å². The molecule has 2 heterocycles. The highest BCUT2D eigenvalue weighted by Crippen LogP contribution is 2.23. The van der Waals surface area contributed by atoms with Crippen LogP contribution in [0.3, 0.4) is 0 Å². The molecular weight excluding hydrogens is 454 g/mol. The maximum Gasteiger partial charge on any atom is 0.274 e. The number of aryl methyl sites for hydroxylation is 1. The summed E-state index contributed by atoms with van der Waals surface area (Å²) in [5.74, 6) is 0.274. The van der Waals surface area contributed by atoms with Gasteiger partial charge in [-0.3, -0.25) is 9.69 Å². The first-order chi connectivity index (χ1) is 15.4. The average molecular weight is 477 g/mol. The van der Waals surface area contributed by atoms with Crippen LogP contribution in [0.2, 0.25) is 10.0 Å². The van der Waals surface area contributed by atoms with Crippen molar-refractivity contribution >= 4 is 29.1 Å². The lowest BCUT2D eigenvalue weighted by Crippen LogP contribution is -2.48. The van der Waals surface area contributed by atoms with Crippen molar-refractivity contribution in [1.29, 1.82) is 0 Å². The highest BCUT2D eigenvalue weighted by atomic mass is 35.5. The van der Waals surface area contributed by atoms with Crippen LogP contribution >= 0.6 is 23.2 Å². The number of piperazine rings is 1. The Morgan fingerprint density at radius 2 is 1.91 bits per heavy atom. The number of halogens is 3. The maximum absolute atomic E-state index is 14.0. The summed E-state index contributed by atoms with van der Waals surface area (Å²) in [5, 5.41) is 5.42. The molecule has 6 nitrogen and oxygen atoms in total. The Labute approximate surface area is 196 Å². The first kappa shape index (κ1) is 22.6. The summed E-state index contributed by atoms with van der Waals surface area (Å²) in [6.07, 6.45) is 1.72. The molecule has 1 aliphatic heterocycles. The number of amides is 1. The molecule has 0 unspecified atom stereocenters. The number of carbonyl (C=O) groups is 1. The van der Waals surface area contributed by atoms with Crippen LogP contribution in [-0.4, -0.2) is 51.7 Å². The average Bonchev–Trinajstić information content (AvgIpc) is 3.25. The van der Waals surface area contributed by atoms with E-state index in [1.165, 1.54) is 6.07 Å². The second-order valence-corrected chi connectivity index (χ2v) is 8.54. The fourth-order valence-corrected chi connectivity index (χ4v) is 4.09. The normalized spacial score (nSPS) is 14.6. The highest BCUT2D eigenvalue weighted by molar-refractivity contribution is 6.31. The van der Waals surface area contributed by atoms with E-state index in [1.807, 2.05) is 13.0 Å². The van der Waals surface area contributed by atoms with Crippen LogP contribution in [0.5, 0.6) is 5.75 Å². The lowest BCUT2D eigenvalue weighted by atomic mass is 10.1. The Balaban J connectivity index is 1.30. The minimum Gasteiger partial charge on any atom is -0.471 e. The third kappa shape index (κ3) is 5.23. The van der Waals surface area contributed by atoms with Gasteiger partial charge in [0.1, 0.15) is 11.6 Å². The molecule has 168 valence electrons. The van der Waals surface area contributed by atoms with E-state index < -0.39 is 0 Å². The van der Waals surface area contributed by atoms with Crippen molar-refractivity contribution in [2.24, 2.45) is 0 Å². The van der Waals surface area contributed by atoms with Gasteiger partial charge in [-0.05, 0) is 48.9 Å². The predicted molar refractivity (Wildman–Crippen MR) is 122 cm³/mol. The van der Waals surface area contributed by atoms with Gasteiger partial charge in [0, 0.05) is 54.5 Å². The predicted octanol–water partition coefficient (Wildman–Crippen LogP) is 4.63. The van der Waals surface area contributed by atoms with Crippen LogP contribution in [0.15, 0.2) is 48.7 Å². The number of hydrogen-bond donors (Lipinski definition) is 0. The number of benzene rings is 2. The van der Waals surface area contributed by atoms with Crippen molar-refractivity contribution in [1.82, 2.24) is 19.6 Å². The van der Waals surface area contributed by atoms with Crippen LogP contribution in [0.4, 0.5) is 4.39 Å². The van der Waals surface area contributed by atoms with Crippen molar-refractivity contribution in [3.63, 3.8) is 0 Å². The smallest absolute Gasteiger partial charge is 0.274 e. The number of ether oxygens (including phenoxy) is 1. The molecule has 2 aromatic carbocycles. The van der Waals surface area contributed by atoms with Gasteiger partial charge in [-0.25, -0.2) is 9.07 Å². The Morgan fingerprint density at radius 3 is 2.62 bits per heavy atom. The lowest BCUT2D eigenvalue weighted by Gasteiger charge is -2.34. The number of hydrogen-bond acceptors (Lipinski definition) is 4. The molecule has 1 amide bonds. The zero-order valence-electron chi connectivity index (χ0n) is 17.6. The van der Waals surface area contributed by atoms with E-state index in [0.717, 1.165) is 5.56 Å². The molecular formula is C23H23Cl2FN4O2. The summed E-state index contributed by atoms with van der Waals surface area (Å²) in [7, 11) is 0. The summed E-state index contributed by atoms with van der Waals surface area (Å²) in [5.41, 5.74) is 1.78. The van der Waals surface area contributed by atoms with Crippen molar-refractivity contribution in [3.05, 3.63) is 81.3 Å². The molecule has 1 fully saturated rings. The molecule has 1 aliphatic rings. The van der Waals surface area contributed by atoms with E-state index in [0.29, 0.717) is 59.8 Å². The van der Waals surface area contributed by atoms with Crippen LogP contribution in [0.25, 0.3) is 0 Å². The maximum atomic E-state index is 14.0. The first-order valence-corrected chi connectivity index (χ1v) is 11.0. The minimum absolute atomic E-state index is 0.130. The second-order valence-electron chi connectivity index (χ2n) is 7.69.